The van der Waals surface area contributed by atoms with Crippen LogP contribution in [0.4, 0.5) is 0 Å². The zero-order valence-corrected chi connectivity index (χ0v) is 32.1. The number of hydrogen-bond donors (Lipinski definition) is 0. The van der Waals surface area contributed by atoms with Crippen molar-refractivity contribution >= 4 is 96.9 Å². The van der Waals surface area contributed by atoms with Crippen LogP contribution in [-0.2, 0) is 0 Å². The smallest absolute Gasteiger partial charge is 0.0547 e. The van der Waals surface area contributed by atoms with Gasteiger partial charge in [-0.15, -0.1) is 11.3 Å². The van der Waals surface area contributed by atoms with Crippen molar-refractivity contribution in [3.63, 3.8) is 0 Å². The fourth-order valence-electron chi connectivity index (χ4n) is 9.70. The van der Waals surface area contributed by atoms with E-state index in [9.17, 15) is 0 Å². The fourth-order valence-corrected chi connectivity index (χ4v) is 10.8. The third-order valence-corrected chi connectivity index (χ3v) is 13.3. The third kappa shape index (κ3) is 4.49. The monoisotopic (exact) mass is 755 g/mol. The van der Waals surface area contributed by atoms with Crippen LogP contribution in [0, 0.1) is 0 Å². The summed E-state index contributed by atoms with van der Waals surface area (Å²) in [7, 11) is 0. The molecule has 0 spiro atoms. The molecule has 0 fully saturated rings. The van der Waals surface area contributed by atoms with Crippen LogP contribution in [-0.4, -0.2) is 13.7 Å². The third-order valence-electron chi connectivity index (χ3n) is 12.2. The van der Waals surface area contributed by atoms with Gasteiger partial charge in [-0.25, -0.2) is 0 Å². The van der Waals surface area contributed by atoms with Crippen LogP contribution in [0.25, 0.3) is 114 Å². The van der Waals surface area contributed by atoms with Crippen LogP contribution in [0.15, 0.2) is 200 Å². The molecule has 4 heterocycles. The molecule has 0 radical (unpaired) electrons. The minimum Gasteiger partial charge on any atom is -0.309 e. The molecule has 0 unspecified atom stereocenters. The summed E-state index contributed by atoms with van der Waals surface area (Å²) in [6.45, 7) is 0. The van der Waals surface area contributed by atoms with Gasteiger partial charge in [0, 0.05) is 69.6 Å². The highest BCUT2D eigenvalue weighted by atomic mass is 32.1. The minimum absolute atomic E-state index is 1.13. The van der Waals surface area contributed by atoms with Crippen molar-refractivity contribution in [1.82, 2.24) is 13.7 Å². The van der Waals surface area contributed by atoms with Crippen LogP contribution in [0.2, 0.25) is 0 Å². The highest BCUT2D eigenvalue weighted by molar-refractivity contribution is 7.25. The van der Waals surface area contributed by atoms with Gasteiger partial charge in [0.1, 0.15) is 0 Å². The molecule has 9 aromatic carbocycles. The molecule has 0 bridgehead atoms. The molecular weight excluding hydrogens is 723 g/mol. The van der Waals surface area contributed by atoms with E-state index in [0.29, 0.717) is 0 Å². The van der Waals surface area contributed by atoms with Gasteiger partial charge in [0.15, 0.2) is 0 Å². The lowest BCUT2D eigenvalue weighted by molar-refractivity contribution is 1.13. The van der Waals surface area contributed by atoms with Crippen LogP contribution in [0.3, 0.4) is 0 Å². The molecule has 4 aromatic heterocycles. The highest BCUT2D eigenvalue weighted by Crippen LogP contribution is 2.41. The zero-order valence-electron chi connectivity index (χ0n) is 31.3. The first-order chi connectivity index (χ1) is 28.8. The van der Waals surface area contributed by atoms with Crippen LogP contribution in [0.5, 0.6) is 0 Å². The van der Waals surface area contributed by atoms with E-state index in [2.05, 4.69) is 214 Å². The average molecular weight is 756 g/mol. The van der Waals surface area contributed by atoms with Gasteiger partial charge in [-0.1, -0.05) is 127 Å². The van der Waals surface area contributed by atoms with Gasteiger partial charge in [0.25, 0.3) is 0 Å². The molecule has 0 saturated heterocycles. The molecule has 3 nitrogen and oxygen atoms in total. The number of para-hydroxylation sites is 5. The van der Waals surface area contributed by atoms with E-state index < -0.39 is 0 Å². The van der Waals surface area contributed by atoms with E-state index in [4.69, 9.17) is 0 Å². The van der Waals surface area contributed by atoms with Crippen molar-refractivity contribution in [2.45, 2.75) is 0 Å². The summed E-state index contributed by atoms with van der Waals surface area (Å²) in [5.74, 6) is 0. The van der Waals surface area contributed by atoms with Crippen LogP contribution in [0.1, 0.15) is 0 Å². The second kappa shape index (κ2) is 12.1. The summed E-state index contributed by atoms with van der Waals surface area (Å²) in [5.41, 5.74) is 12.9. The fraction of sp³-hybridized carbons (Fsp3) is 0. The summed E-state index contributed by atoms with van der Waals surface area (Å²) in [6, 6.07) is 73.9. The molecule has 13 rings (SSSR count). The molecule has 58 heavy (non-hydrogen) atoms. The maximum atomic E-state index is 2.46. The molecule has 0 amide bonds. The van der Waals surface area contributed by atoms with Gasteiger partial charge in [0.05, 0.1) is 33.1 Å². The Hall–Kier alpha value is -7.40. The Morgan fingerprint density at radius 2 is 0.638 bits per heavy atom. The normalized spacial score (nSPS) is 12.1. The number of nitrogens with zero attached hydrogens (tertiary/aromatic N) is 3. The second-order valence-corrected chi connectivity index (χ2v) is 16.4. The molecule has 0 atom stereocenters. The van der Waals surface area contributed by atoms with Crippen LogP contribution >= 0.6 is 11.3 Å². The van der Waals surface area contributed by atoms with Crippen molar-refractivity contribution in [3.05, 3.63) is 200 Å². The molecule has 4 heteroatoms. The van der Waals surface area contributed by atoms with E-state index in [0.717, 1.165) is 16.9 Å². The molecular formula is C54H33N3S. The largest absolute Gasteiger partial charge is 0.309 e. The van der Waals surface area contributed by atoms with E-state index >= 15 is 0 Å². The van der Waals surface area contributed by atoms with E-state index in [-0.39, 0.29) is 0 Å². The first-order valence-corrected chi connectivity index (χ1v) is 20.7. The van der Waals surface area contributed by atoms with Gasteiger partial charge in [-0.05, 0) is 83.9 Å². The highest BCUT2D eigenvalue weighted by Gasteiger charge is 2.19. The zero-order chi connectivity index (χ0) is 37.9. The number of fused-ring (bicyclic) bond motifs is 12. The number of benzene rings is 9. The van der Waals surface area contributed by atoms with Crippen molar-refractivity contribution in [3.8, 4) is 28.2 Å². The number of rotatable bonds is 4. The number of hydrogen-bond acceptors (Lipinski definition) is 1. The molecule has 0 aliphatic carbocycles. The maximum Gasteiger partial charge on any atom is 0.0547 e. The molecule has 0 aliphatic rings. The maximum absolute atomic E-state index is 2.46. The summed E-state index contributed by atoms with van der Waals surface area (Å²) in [6.07, 6.45) is 0. The lowest BCUT2D eigenvalue weighted by atomic mass is 10.0. The quantitative estimate of drug-likeness (QED) is 0.170. The number of aromatic nitrogens is 3. The standard InChI is InChI=1S/C54H33N3S/c1-8-20-48-39(13-1)40-14-2-9-21-49(40)56(48)37-29-35(30-38(32-37)57-50-22-10-3-15-41(50)42-16-4-11-23-51(42)57)34-25-27-44-43-17-5-7-19-47(43)55(52(44)31-34)36-26-28-46-45-18-6-12-24-53(45)58-54(46)33-36/h1-33H. The molecule has 270 valence electrons. The SMILES string of the molecule is c1ccc2c(c1)sc1cc(-n3c4ccccc4c4ccc(-c5cc(-n6c7ccccc7c7ccccc76)cc(-n6c7ccccc7c7ccccc76)c5)cc43)ccc12. The summed E-state index contributed by atoms with van der Waals surface area (Å²) in [4.78, 5) is 0. The van der Waals surface area contributed by atoms with E-state index in [1.165, 1.54) is 96.8 Å². The van der Waals surface area contributed by atoms with Gasteiger partial charge in [-0.2, -0.15) is 0 Å². The van der Waals surface area contributed by atoms with Crippen LogP contribution < -0.4 is 0 Å². The molecule has 0 N–H and O–H groups in total. The average Bonchev–Trinajstić information content (AvgIpc) is 4.02. The minimum atomic E-state index is 1.13. The van der Waals surface area contributed by atoms with Crippen molar-refractivity contribution in [1.29, 1.82) is 0 Å². The Balaban J connectivity index is 1.10. The van der Waals surface area contributed by atoms with Crippen molar-refractivity contribution in [2.75, 3.05) is 0 Å². The van der Waals surface area contributed by atoms with Gasteiger partial charge < -0.3 is 13.7 Å². The second-order valence-electron chi connectivity index (χ2n) is 15.3. The molecule has 13 aromatic rings. The Morgan fingerprint density at radius 1 is 0.241 bits per heavy atom. The van der Waals surface area contributed by atoms with E-state index in [1.807, 2.05) is 11.3 Å². The van der Waals surface area contributed by atoms with Gasteiger partial charge in [0.2, 0.25) is 0 Å². The Labute approximate surface area is 337 Å². The van der Waals surface area contributed by atoms with Gasteiger partial charge in [-0.3, -0.25) is 0 Å². The Morgan fingerprint density at radius 3 is 1.16 bits per heavy atom. The lowest BCUT2D eigenvalue weighted by Gasteiger charge is -2.16. The van der Waals surface area contributed by atoms with Crippen molar-refractivity contribution < 1.29 is 0 Å². The lowest BCUT2D eigenvalue weighted by Crippen LogP contribution is -2.00. The molecule has 0 aliphatic heterocycles. The topological polar surface area (TPSA) is 14.8 Å². The molecule has 0 saturated carbocycles. The summed E-state index contributed by atoms with van der Waals surface area (Å²) < 4.78 is 9.97. The summed E-state index contributed by atoms with van der Waals surface area (Å²) >= 11 is 1.87. The number of thiophene rings is 1. The van der Waals surface area contributed by atoms with Crippen molar-refractivity contribution in [2.24, 2.45) is 0 Å². The Kier molecular flexibility index (Phi) is 6.60. The first-order valence-electron chi connectivity index (χ1n) is 19.8. The predicted octanol–water partition coefficient (Wildman–Crippen LogP) is 15.0. The Bertz CT molecular complexity index is 3580. The summed E-state index contributed by atoms with van der Waals surface area (Å²) in [5, 5.41) is 10.1. The van der Waals surface area contributed by atoms with E-state index in [1.54, 1.807) is 0 Å². The first kappa shape index (κ1) is 31.8. The predicted molar refractivity (Wildman–Crippen MR) is 248 cm³/mol. The van der Waals surface area contributed by atoms with Gasteiger partial charge >= 0.3 is 0 Å².